The predicted octanol–water partition coefficient (Wildman–Crippen LogP) is 5.16. The van der Waals surface area contributed by atoms with Crippen molar-refractivity contribution in [3.8, 4) is 0 Å². The molecule has 2 aromatic rings. The van der Waals surface area contributed by atoms with E-state index in [0.29, 0.717) is 27.7 Å². The van der Waals surface area contributed by atoms with Crippen molar-refractivity contribution in [1.29, 1.82) is 0 Å². The fourth-order valence-corrected chi connectivity index (χ4v) is 2.73. The Bertz CT molecular complexity index is 611. The quantitative estimate of drug-likeness (QED) is 0.798. The summed E-state index contributed by atoms with van der Waals surface area (Å²) >= 11 is 11.8. The predicted molar refractivity (Wildman–Crippen MR) is 82.9 cm³/mol. The molecule has 0 saturated carbocycles. The SMILES string of the molecule is CCNC(Cc1ccc(Cl)cc1F)c1c(F)cccc1Cl. The van der Waals surface area contributed by atoms with Gasteiger partial charge in [0.15, 0.2) is 0 Å². The van der Waals surface area contributed by atoms with Crippen molar-refractivity contribution in [2.75, 3.05) is 6.54 Å². The van der Waals surface area contributed by atoms with Crippen molar-refractivity contribution < 1.29 is 8.78 Å². The molecule has 5 heteroatoms. The van der Waals surface area contributed by atoms with Crippen LogP contribution in [0.15, 0.2) is 36.4 Å². The van der Waals surface area contributed by atoms with Crippen LogP contribution >= 0.6 is 23.2 Å². The summed E-state index contributed by atoms with van der Waals surface area (Å²) in [4.78, 5) is 0. The second-order valence-corrected chi connectivity index (χ2v) is 5.53. The molecule has 0 aliphatic heterocycles. The molecule has 2 aromatic carbocycles. The fourth-order valence-electron chi connectivity index (χ4n) is 2.27. The van der Waals surface area contributed by atoms with Gasteiger partial charge in [-0.1, -0.05) is 42.3 Å². The van der Waals surface area contributed by atoms with E-state index in [1.54, 1.807) is 24.3 Å². The number of nitrogens with one attached hydrogen (secondary N) is 1. The molecule has 1 N–H and O–H groups in total. The van der Waals surface area contributed by atoms with Gasteiger partial charge >= 0.3 is 0 Å². The third-order valence-electron chi connectivity index (χ3n) is 3.24. The lowest BCUT2D eigenvalue weighted by molar-refractivity contribution is 0.498. The number of benzene rings is 2. The molecule has 0 aliphatic carbocycles. The van der Waals surface area contributed by atoms with Crippen molar-refractivity contribution in [1.82, 2.24) is 5.32 Å². The zero-order valence-corrected chi connectivity index (χ0v) is 13.0. The van der Waals surface area contributed by atoms with Crippen molar-refractivity contribution in [3.63, 3.8) is 0 Å². The van der Waals surface area contributed by atoms with Crippen LogP contribution in [0.3, 0.4) is 0 Å². The summed E-state index contributed by atoms with van der Waals surface area (Å²) < 4.78 is 28.0. The normalized spacial score (nSPS) is 12.4. The highest BCUT2D eigenvalue weighted by Gasteiger charge is 2.20. The maximum Gasteiger partial charge on any atom is 0.129 e. The summed E-state index contributed by atoms with van der Waals surface area (Å²) in [5.41, 5.74) is 0.819. The Kier molecular flexibility index (Phi) is 5.57. The fraction of sp³-hybridized carbons (Fsp3) is 0.250. The molecular formula is C16H15Cl2F2N. The first kappa shape index (κ1) is 16.2. The van der Waals surface area contributed by atoms with E-state index in [-0.39, 0.29) is 6.42 Å². The van der Waals surface area contributed by atoms with Gasteiger partial charge < -0.3 is 5.32 Å². The Hall–Kier alpha value is -1.16. The van der Waals surface area contributed by atoms with Gasteiger partial charge in [0.25, 0.3) is 0 Å². The first-order valence-electron chi connectivity index (χ1n) is 6.64. The van der Waals surface area contributed by atoms with Crippen LogP contribution in [0.4, 0.5) is 8.78 Å². The van der Waals surface area contributed by atoms with Crippen LogP contribution in [0.2, 0.25) is 10.0 Å². The zero-order chi connectivity index (χ0) is 15.4. The van der Waals surface area contributed by atoms with Crippen LogP contribution in [-0.2, 0) is 6.42 Å². The van der Waals surface area contributed by atoms with Crippen molar-refractivity contribution >= 4 is 23.2 Å². The molecule has 0 fully saturated rings. The minimum absolute atomic E-state index is 0.289. The van der Waals surface area contributed by atoms with E-state index in [4.69, 9.17) is 23.2 Å². The van der Waals surface area contributed by atoms with Crippen molar-refractivity contribution in [2.45, 2.75) is 19.4 Å². The van der Waals surface area contributed by atoms with Gasteiger partial charge in [-0.15, -0.1) is 0 Å². The molecule has 1 nitrogen and oxygen atoms in total. The van der Waals surface area contributed by atoms with Crippen molar-refractivity contribution in [3.05, 3.63) is 69.2 Å². The molecule has 0 aliphatic rings. The maximum absolute atomic E-state index is 14.1. The number of halogens is 4. The van der Waals surface area contributed by atoms with Crippen LogP contribution in [-0.4, -0.2) is 6.54 Å². The molecule has 21 heavy (non-hydrogen) atoms. The third kappa shape index (κ3) is 3.94. The molecule has 0 heterocycles. The third-order valence-corrected chi connectivity index (χ3v) is 3.80. The summed E-state index contributed by atoms with van der Waals surface area (Å²) in [5, 5.41) is 3.81. The Labute approximate surface area is 132 Å². The molecule has 1 atom stereocenters. The molecule has 0 bridgehead atoms. The monoisotopic (exact) mass is 329 g/mol. The Morgan fingerprint density at radius 1 is 1.10 bits per heavy atom. The van der Waals surface area contributed by atoms with Crippen LogP contribution in [0, 0.1) is 11.6 Å². The largest absolute Gasteiger partial charge is 0.310 e. The number of rotatable bonds is 5. The van der Waals surface area contributed by atoms with E-state index in [2.05, 4.69) is 5.32 Å². The van der Waals surface area contributed by atoms with Crippen LogP contribution in [0.25, 0.3) is 0 Å². The average molecular weight is 330 g/mol. The molecule has 2 rings (SSSR count). The Morgan fingerprint density at radius 2 is 1.86 bits per heavy atom. The topological polar surface area (TPSA) is 12.0 Å². The van der Waals surface area contributed by atoms with Gasteiger partial charge in [-0.3, -0.25) is 0 Å². The van der Waals surface area contributed by atoms with E-state index >= 15 is 0 Å². The van der Waals surface area contributed by atoms with Gasteiger partial charge in [0.1, 0.15) is 11.6 Å². The lowest BCUT2D eigenvalue weighted by Gasteiger charge is -2.20. The van der Waals surface area contributed by atoms with Gasteiger partial charge in [0.05, 0.1) is 0 Å². The minimum Gasteiger partial charge on any atom is -0.310 e. The zero-order valence-electron chi connectivity index (χ0n) is 11.5. The smallest absolute Gasteiger partial charge is 0.129 e. The van der Waals surface area contributed by atoms with E-state index < -0.39 is 17.7 Å². The van der Waals surface area contributed by atoms with Gasteiger partial charge in [0.2, 0.25) is 0 Å². The number of hydrogen-bond acceptors (Lipinski definition) is 1. The van der Waals surface area contributed by atoms with Crippen molar-refractivity contribution in [2.24, 2.45) is 0 Å². The summed E-state index contributed by atoms with van der Waals surface area (Å²) in [5.74, 6) is -0.805. The lowest BCUT2D eigenvalue weighted by atomic mass is 9.98. The van der Waals surface area contributed by atoms with E-state index in [0.717, 1.165) is 0 Å². The van der Waals surface area contributed by atoms with Gasteiger partial charge in [0, 0.05) is 21.7 Å². The highest BCUT2D eigenvalue weighted by molar-refractivity contribution is 6.31. The van der Waals surface area contributed by atoms with Crippen LogP contribution < -0.4 is 5.32 Å². The Balaban J connectivity index is 2.35. The summed E-state index contributed by atoms with van der Waals surface area (Å²) in [6.07, 6.45) is 0.289. The highest BCUT2D eigenvalue weighted by atomic mass is 35.5. The molecule has 112 valence electrons. The lowest BCUT2D eigenvalue weighted by Crippen LogP contribution is -2.24. The average Bonchev–Trinajstić information content (AvgIpc) is 2.41. The first-order chi connectivity index (χ1) is 10.0. The van der Waals surface area contributed by atoms with Gasteiger partial charge in [-0.25, -0.2) is 8.78 Å². The summed E-state index contributed by atoms with van der Waals surface area (Å²) in [6, 6.07) is 8.60. The first-order valence-corrected chi connectivity index (χ1v) is 7.39. The standard InChI is InChI=1S/C16H15Cl2F2N/c1-2-21-15(16-12(18)4-3-5-13(16)19)8-10-6-7-11(17)9-14(10)20/h3-7,9,15,21H,2,8H2,1H3. The minimum atomic E-state index is -0.405. The van der Waals surface area contributed by atoms with E-state index in [1.165, 1.54) is 12.1 Å². The number of hydrogen-bond donors (Lipinski definition) is 1. The maximum atomic E-state index is 14.1. The highest BCUT2D eigenvalue weighted by Crippen LogP contribution is 2.29. The van der Waals surface area contributed by atoms with Crippen LogP contribution in [0.1, 0.15) is 24.1 Å². The number of likely N-dealkylation sites (N-methyl/N-ethyl adjacent to an activating group) is 1. The second-order valence-electron chi connectivity index (χ2n) is 4.69. The van der Waals surface area contributed by atoms with Gasteiger partial charge in [-0.2, -0.15) is 0 Å². The molecule has 0 radical (unpaired) electrons. The molecular weight excluding hydrogens is 315 g/mol. The van der Waals surface area contributed by atoms with Gasteiger partial charge in [-0.05, 0) is 42.8 Å². The molecule has 0 saturated heterocycles. The summed E-state index contributed by atoms with van der Waals surface area (Å²) in [7, 11) is 0. The van der Waals surface area contributed by atoms with Crippen LogP contribution in [0.5, 0.6) is 0 Å². The molecule has 1 unspecified atom stereocenters. The Morgan fingerprint density at radius 3 is 2.48 bits per heavy atom. The molecule has 0 aromatic heterocycles. The molecule has 0 spiro atoms. The van der Waals surface area contributed by atoms with E-state index in [1.807, 2.05) is 6.92 Å². The second kappa shape index (κ2) is 7.21. The van der Waals surface area contributed by atoms with E-state index in [9.17, 15) is 8.78 Å². The summed E-state index contributed by atoms with van der Waals surface area (Å²) in [6.45, 7) is 2.52. The molecule has 0 amide bonds.